The van der Waals surface area contributed by atoms with Gasteiger partial charge in [-0.2, -0.15) is 0 Å². The Hall–Kier alpha value is -0.100. The Morgan fingerprint density at radius 3 is 2.00 bits per heavy atom. The zero-order valence-corrected chi connectivity index (χ0v) is 8.07. The van der Waals surface area contributed by atoms with Gasteiger partial charge < -0.3 is 17.0 Å². The number of hydrogen-bond donors (Lipinski definition) is 3. The predicted molar refractivity (Wildman–Crippen MR) is 31.7 cm³/mol. The molecule has 0 saturated carbocycles. The van der Waals surface area contributed by atoms with Gasteiger partial charge in [-0.15, -0.1) is 0 Å². The standard InChI is InChI=1S/C5H7NO4.Na.H/c7-4(8)2-1-6-3(2)5(9)10;;/h2-3,6H,1H2,(H,7,8)(H,9,10);;/q;+1;-1. The van der Waals surface area contributed by atoms with E-state index in [2.05, 4.69) is 5.32 Å². The smallest absolute Gasteiger partial charge is 1.00 e. The van der Waals surface area contributed by atoms with Crippen molar-refractivity contribution in [3.63, 3.8) is 0 Å². The number of nitrogens with one attached hydrogen (secondary N) is 1. The molecule has 58 valence electrons. The van der Waals surface area contributed by atoms with E-state index in [-0.39, 0.29) is 37.5 Å². The van der Waals surface area contributed by atoms with Crippen LogP contribution < -0.4 is 34.9 Å². The van der Waals surface area contributed by atoms with Crippen molar-refractivity contribution < 1.29 is 50.8 Å². The minimum absolute atomic E-state index is 0. The van der Waals surface area contributed by atoms with Gasteiger partial charge in [0.15, 0.2) is 0 Å². The van der Waals surface area contributed by atoms with Crippen molar-refractivity contribution in [1.29, 1.82) is 0 Å². The van der Waals surface area contributed by atoms with Gasteiger partial charge in [0.1, 0.15) is 6.04 Å². The van der Waals surface area contributed by atoms with Gasteiger partial charge in [0.05, 0.1) is 5.92 Å². The van der Waals surface area contributed by atoms with E-state index >= 15 is 0 Å². The first kappa shape index (κ1) is 10.9. The Morgan fingerprint density at radius 2 is 1.91 bits per heavy atom. The molecule has 0 aromatic carbocycles. The van der Waals surface area contributed by atoms with E-state index in [0.717, 1.165) is 0 Å². The summed E-state index contributed by atoms with van der Waals surface area (Å²) in [6, 6.07) is -0.891. The number of rotatable bonds is 2. The summed E-state index contributed by atoms with van der Waals surface area (Å²) in [4.78, 5) is 20.4. The average molecular weight is 169 g/mol. The molecular formula is C5H8NNaO4. The SMILES string of the molecule is O=C(O)C1CNC1C(=O)O.[H-].[Na+]. The molecule has 0 aliphatic carbocycles. The van der Waals surface area contributed by atoms with E-state index in [1.807, 2.05) is 0 Å². The molecule has 1 heterocycles. The number of hydrogen-bond acceptors (Lipinski definition) is 3. The third-order valence-corrected chi connectivity index (χ3v) is 1.54. The van der Waals surface area contributed by atoms with Gasteiger partial charge in [-0.05, 0) is 0 Å². The Morgan fingerprint density at radius 1 is 1.36 bits per heavy atom. The van der Waals surface area contributed by atoms with Crippen LogP contribution in [0.5, 0.6) is 0 Å². The maximum Gasteiger partial charge on any atom is 1.00 e. The van der Waals surface area contributed by atoms with Crippen molar-refractivity contribution >= 4 is 11.9 Å². The first-order chi connectivity index (χ1) is 4.63. The predicted octanol–water partition coefficient (Wildman–Crippen LogP) is -4.14. The summed E-state index contributed by atoms with van der Waals surface area (Å²) in [6.07, 6.45) is 0. The van der Waals surface area contributed by atoms with E-state index in [4.69, 9.17) is 10.2 Å². The average Bonchev–Trinajstić information content (AvgIpc) is 1.56. The minimum atomic E-state index is -1.10. The van der Waals surface area contributed by atoms with Crippen molar-refractivity contribution in [3.8, 4) is 0 Å². The van der Waals surface area contributed by atoms with Crippen LogP contribution in [0.4, 0.5) is 0 Å². The topological polar surface area (TPSA) is 86.6 Å². The van der Waals surface area contributed by atoms with Gasteiger partial charge in [0, 0.05) is 6.54 Å². The second-order valence-electron chi connectivity index (χ2n) is 2.17. The molecule has 1 saturated heterocycles. The molecule has 0 aromatic rings. The fourth-order valence-electron chi connectivity index (χ4n) is 0.843. The van der Waals surface area contributed by atoms with E-state index in [1.165, 1.54) is 0 Å². The third-order valence-electron chi connectivity index (χ3n) is 1.54. The van der Waals surface area contributed by atoms with Crippen molar-refractivity contribution in [3.05, 3.63) is 0 Å². The molecule has 0 amide bonds. The van der Waals surface area contributed by atoms with Crippen LogP contribution >= 0.6 is 0 Å². The Kier molecular flexibility index (Phi) is 4.02. The molecule has 6 heteroatoms. The van der Waals surface area contributed by atoms with Crippen LogP contribution in [0.3, 0.4) is 0 Å². The zero-order chi connectivity index (χ0) is 7.72. The number of carboxylic acid groups (broad SMARTS) is 2. The number of carboxylic acids is 2. The first-order valence-corrected chi connectivity index (χ1v) is 2.82. The largest absolute Gasteiger partial charge is 1.00 e. The van der Waals surface area contributed by atoms with Crippen molar-refractivity contribution in [2.45, 2.75) is 6.04 Å². The van der Waals surface area contributed by atoms with Crippen LogP contribution in [0.2, 0.25) is 0 Å². The Balaban J connectivity index is 0. The first-order valence-electron chi connectivity index (χ1n) is 2.82. The number of aliphatic carboxylic acids is 2. The van der Waals surface area contributed by atoms with Gasteiger partial charge in [-0.1, -0.05) is 0 Å². The maximum atomic E-state index is 10.2. The summed E-state index contributed by atoms with van der Waals surface area (Å²) in [5, 5.41) is 19.2. The zero-order valence-electron chi connectivity index (χ0n) is 7.07. The van der Waals surface area contributed by atoms with Gasteiger partial charge in [0.2, 0.25) is 0 Å². The minimum Gasteiger partial charge on any atom is -1.00 e. The monoisotopic (exact) mass is 169 g/mol. The molecule has 11 heavy (non-hydrogen) atoms. The molecular weight excluding hydrogens is 161 g/mol. The summed E-state index contributed by atoms with van der Waals surface area (Å²) in [6.45, 7) is 0.256. The van der Waals surface area contributed by atoms with Gasteiger partial charge >= 0.3 is 41.5 Å². The summed E-state index contributed by atoms with van der Waals surface area (Å²) in [5.74, 6) is -2.90. The summed E-state index contributed by atoms with van der Waals surface area (Å²) < 4.78 is 0. The van der Waals surface area contributed by atoms with Crippen molar-refractivity contribution in [2.24, 2.45) is 5.92 Å². The van der Waals surface area contributed by atoms with E-state index in [1.54, 1.807) is 0 Å². The molecule has 5 nitrogen and oxygen atoms in total. The molecule has 1 fully saturated rings. The molecule has 3 N–H and O–H groups in total. The van der Waals surface area contributed by atoms with Crippen LogP contribution in [-0.4, -0.2) is 34.7 Å². The molecule has 0 radical (unpaired) electrons. The fraction of sp³-hybridized carbons (Fsp3) is 0.600. The van der Waals surface area contributed by atoms with Crippen LogP contribution in [-0.2, 0) is 9.59 Å². The van der Waals surface area contributed by atoms with Crippen LogP contribution in [0.25, 0.3) is 0 Å². The second kappa shape index (κ2) is 4.06. The van der Waals surface area contributed by atoms with Gasteiger partial charge in [-0.25, -0.2) is 0 Å². The molecule has 1 aliphatic rings. The quantitative estimate of drug-likeness (QED) is 0.365. The molecule has 1 aliphatic heterocycles. The molecule has 1 rings (SSSR count). The second-order valence-corrected chi connectivity index (χ2v) is 2.17. The fourth-order valence-corrected chi connectivity index (χ4v) is 0.843. The van der Waals surface area contributed by atoms with E-state index in [9.17, 15) is 9.59 Å². The Bertz CT molecular complexity index is 168. The van der Waals surface area contributed by atoms with Crippen molar-refractivity contribution in [1.82, 2.24) is 5.32 Å². The third kappa shape index (κ3) is 2.16. The van der Waals surface area contributed by atoms with Gasteiger partial charge in [-0.3, -0.25) is 9.59 Å². The summed E-state index contributed by atoms with van der Waals surface area (Å²) >= 11 is 0. The normalized spacial score (nSPS) is 28.0. The van der Waals surface area contributed by atoms with Crippen LogP contribution in [0, 0.1) is 5.92 Å². The van der Waals surface area contributed by atoms with E-state index in [0.29, 0.717) is 0 Å². The molecule has 2 unspecified atom stereocenters. The number of carbonyl (C=O) groups is 2. The molecule has 0 spiro atoms. The molecule has 2 atom stereocenters. The molecule has 0 bridgehead atoms. The maximum absolute atomic E-state index is 10.2. The molecule has 0 aromatic heterocycles. The summed E-state index contributed by atoms with van der Waals surface area (Å²) in [7, 11) is 0. The summed E-state index contributed by atoms with van der Waals surface area (Å²) in [5.41, 5.74) is 0. The van der Waals surface area contributed by atoms with Crippen molar-refractivity contribution in [2.75, 3.05) is 6.54 Å². The van der Waals surface area contributed by atoms with E-state index < -0.39 is 23.9 Å². The van der Waals surface area contributed by atoms with Gasteiger partial charge in [0.25, 0.3) is 0 Å². The van der Waals surface area contributed by atoms with Crippen LogP contribution in [0.15, 0.2) is 0 Å². The Labute approximate surface area is 86.6 Å². The van der Waals surface area contributed by atoms with Crippen LogP contribution in [0.1, 0.15) is 1.43 Å².